The molecule has 0 spiro atoms. The van der Waals surface area contributed by atoms with Crippen LogP contribution in [0.5, 0.6) is 0 Å². The number of nitrogens with zero attached hydrogens (tertiary/aromatic N) is 1. The van der Waals surface area contributed by atoms with E-state index in [1.807, 2.05) is 13.8 Å². The maximum Gasteiger partial charge on any atom is 0.0725 e. The molecule has 0 aromatic carbocycles. The van der Waals surface area contributed by atoms with Gasteiger partial charge in [0.15, 0.2) is 0 Å². The molecule has 2 unspecified atom stereocenters. The molecule has 1 fully saturated rings. The predicted octanol–water partition coefficient (Wildman–Crippen LogP) is 2.99. The topological polar surface area (TPSA) is 59.0 Å². The first kappa shape index (κ1) is 14.5. The lowest BCUT2D eigenvalue weighted by molar-refractivity contribution is 0.0127. The van der Waals surface area contributed by atoms with Crippen molar-refractivity contribution in [2.45, 2.75) is 70.9 Å². The molecule has 0 radical (unpaired) electrons. The number of ether oxygens (including phenoxy) is 1. The van der Waals surface area contributed by atoms with E-state index in [0.717, 1.165) is 38.7 Å². The zero-order valence-corrected chi connectivity index (χ0v) is 11.2. The predicted molar refractivity (Wildman–Crippen MR) is 69.4 cm³/mol. The second-order valence-electron chi connectivity index (χ2n) is 5.81. The summed E-state index contributed by atoms with van der Waals surface area (Å²) in [6.07, 6.45) is 8.03. The SMILES string of the molecule is CC(C)(C#N)CCCCOC1CCCCC1N. The summed E-state index contributed by atoms with van der Waals surface area (Å²) in [7, 11) is 0. The number of hydrogen-bond acceptors (Lipinski definition) is 3. The van der Waals surface area contributed by atoms with Crippen molar-refractivity contribution in [1.82, 2.24) is 0 Å². The van der Waals surface area contributed by atoms with Gasteiger partial charge in [0.05, 0.1) is 17.6 Å². The van der Waals surface area contributed by atoms with Crippen molar-refractivity contribution in [3.05, 3.63) is 0 Å². The first-order chi connectivity index (χ1) is 8.05. The normalized spacial score (nSPS) is 25.5. The average Bonchev–Trinajstić information content (AvgIpc) is 2.31. The molecule has 0 bridgehead atoms. The van der Waals surface area contributed by atoms with Gasteiger partial charge in [0.2, 0.25) is 0 Å². The molecule has 0 amide bonds. The largest absolute Gasteiger partial charge is 0.377 e. The van der Waals surface area contributed by atoms with E-state index in [0.29, 0.717) is 0 Å². The van der Waals surface area contributed by atoms with Gasteiger partial charge in [0.1, 0.15) is 0 Å². The van der Waals surface area contributed by atoms with E-state index in [1.165, 1.54) is 12.8 Å². The zero-order valence-electron chi connectivity index (χ0n) is 11.2. The standard InChI is InChI=1S/C14H26N2O/c1-14(2,11-15)9-5-6-10-17-13-8-4-3-7-12(13)16/h12-13H,3-10,16H2,1-2H3. The lowest BCUT2D eigenvalue weighted by atomic mass is 9.89. The van der Waals surface area contributed by atoms with Crippen molar-refractivity contribution in [3.63, 3.8) is 0 Å². The Bertz CT molecular complexity index is 257. The van der Waals surface area contributed by atoms with Crippen LogP contribution < -0.4 is 5.73 Å². The van der Waals surface area contributed by atoms with Crippen LogP contribution in [0.25, 0.3) is 0 Å². The third-order valence-corrected chi connectivity index (χ3v) is 3.58. The van der Waals surface area contributed by atoms with Gasteiger partial charge in [-0.05, 0) is 46.0 Å². The summed E-state index contributed by atoms with van der Waals surface area (Å²) in [5.74, 6) is 0. The Morgan fingerprint density at radius 2 is 2.00 bits per heavy atom. The van der Waals surface area contributed by atoms with Crippen molar-refractivity contribution in [1.29, 1.82) is 5.26 Å². The molecule has 1 aliphatic rings. The van der Waals surface area contributed by atoms with Gasteiger partial charge in [-0.3, -0.25) is 0 Å². The van der Waals surface area contributed by atoms with Gasteiger partial charge in [-0.15, -0.1) is 0 Å². The highest BCUT2D eigenvalue weighted by molar-refractivity contribution is 4.91. The lowest BCUT2D eigenvalue weighted by Gasteiger charge is -2.28. The van der Waals surface area contributed by atoms with Gasteiger partial charge >= 0.3 is 0 Å². The third-order valence-electron chi connectivity index (χ3n) is 3.58. The quantitative estimate of drug-likeness (QED) is 0.724. The molecule has 3 heteroatoms. The summed E-state index contributed by atoms with van der Waals surface area (Å²) in [6, 6.07) is 2.56. The molecule has 0 aliphatic heterocycles. The fraction of sp³-hybridized carbons (Fsp3) is 0.929. The fourth-order valence-electron chi connectivity index (χ4n) is 2.29. The van der Waals surface area contributed by atoms with Crippen molar-refractivity contribution in [2.75, 3.05) is 6.61 Å². The van der Waals surface area contributed by atoms with Gasteiger partial charge in [-0.2, -0.15) is 5.26 Å². The Morgan fingerprint density at radius 1 is 1.29 bits per heavy atom. The number of rotatable bonds is 6. The average molecular weight is 238 g/mol. The van der Waals surface area contributed by atoms with Crippen molar-refractivity contribution in [2.24, 2.45) is 11.1 Å². The third kappa shape index (κ3) is 5.52. The molecular weight excluding hydrogens is 212 g/mol. The maximum atomic E-state index is 8.89. The second-order valence-corrected chi connectivity index (χ2v) is 5.81. The van der Waals surface area contributed by atoms with E-state index in [9.17, 15) is 0 Å². The maximum absolute atomic E-state index is 8.89. The highest BCUT2D eigenvalue weighted by Crippen LogP contribution is 2.23. The summed E-state index contributed by atoms with van der Waals surface area (Å²) in [5, 5.41) is 8.89. The molecule has 0 heterocycles. The van der Waals surface area contributed by atoms with Crippen LogP contribution in [0.4, 0.5) is 0 Å². The summed E-state index contributed by atoms with van der Waals surface area (Å²) in [6.45, 7) is 4.77. The Kier molecular flexibility index (Phi) is 5.94. The number of nitrogens with two attached hydrogens (primary N) is 1. The minimum Gasteiger partial charge on any atom is -0.377 e. The van der Waals surface area contributed by atoms with Crippen LogP contribution in [-0.2, 0) is 4.74 Å². The Morgan fingerprint density at radius 3 is 2.65 bits per heavy atom. The molecule has 0 aromatic heterocycles. The van der Waals surface area contributed by atoms with Crippen LogP contribution in [0, 0.1) is 16.7 Å². The first-order valence-corrected chi connectivity index (χ1v) is 6.83. The summed E-state index contributed by atoms with van der Waals surface area (Å²) >= 11 is 0. The van der Waals surface area contributed by atoms with Gasteiger partial charge in [0.25, 0.3) is 0 Å². The highest BCUT2D eigenvalue weighted by Gasteiger charge is 2.22. The van der Waals surface area contributed by atoms with E-state index in [2.05, 4.69) is 6.07 Å². The second kappa shape index (κ2) is 6.98. The molecule has 1 rings (SSSR count). The summed E-state index contributed by atoms with van der Waals surface area (Å²) in [4.78, 5) is 0. The molecule has 3 nitrogen and oxygen atoms in total. The monoisotopic (exact) mass is 238 g/mol. The Labute approximate surface area is 105 Å². The minimum absolute atomic E-state index is 0.193. The molecule has 1 aliphatic carbocycles. The first-order valence-electron chi connectivity index (χ1n) is 6.83. The molecule has 0 saturated heterocycles. The van der Waals surface area contributed by atoms with Crippen LogP contribution >= 0.6 is 0 Å². The van der Waals surface area contributed by atoms with E-state index in [-0.39, 0.29) is 17.6 Å². The van der Waals surface area contributed by atoms with E-state index < -0.39 is 0 Å². The van der Waals surface area contributed by atoms with Crippen LogP contribution in [0.15, 0.2) is 0 Å². The van der Waals surface area contributed by atoms with Crippen molar-refractivity contribution < 1.29 is 4.74 Å². The number of nitriles is 1. The van der Waals surface area contributed by atoms with E-state index in [4.69, 9.17) is 15.7 Å². The molecule has 98 valence electrons. The zero-order chi connectivity index (χ0) is 12.7. The van der Waals surface area contributed by atoms with Gasteiger partial charge < -0.3 is 10.5 Å². The highest BCUT2D eigenvalue weighted by atomic mass is 16.5. The van der Waals surface area contributed by atoms with Gasteiger partial charge in [-0.25, -0.2) is 0 Å². The van der Waals surface area contributed by atoms with Gasteiger partial charge in [-0.1, -0.05) is 12.8 Å². The molecule has 2 atom stereocenters. The minimum atomic E-state index is -0.193. The summed E-state index contributed by atoms with van der Waals surface area (Å²) < 4.78 is 5.84. The van der Waals surface area contributed by atoms with Crippen LogP contribution in [0.1, 0.15) is 58.8 Å². The van der Waals surface area contributed by atoms with Crippen LogP contribution in [0.2, 0.25) is 0 Å². The summed E-state index contributed by atoms with van der Waals surface area (Å²) in [5.41, 5.74) is 5.82. The number of unbranched alkanes of at least 4 members (excludes halogenated alkanes) is 1. The molecule has 1 saturated carbocycles. The Hall–Kier alpha value is -0.590. The van der Waals surface area contributed by atoms with Crippen LogP contribution in [0.3, 0.4) is 0 Å². The number of hydrogen-bond donors (Lipinski definition) is 1. The van der Waals surface area contributed by atoms with Crippen LogP contribution in [-0.4, -0.2) is 18.8 Å². The molecule has 0 aromatic rings. The fourth-order valence-corrected chi connectivity index (χ4v) is 2.29. The Balaban J connectivity index is 2.06. The molecular formula is C14H26N2O. The smallest absolute Gasteiger partial charge is 0.0725 e. The molecule has 2 N–H and O–H groups in total. The lowest BCUT2D eigenvalue weighted by Crippen LogP contribution is -2.39. The van der Waals surface area contributed by atoms with Crippen molar-refractivity contribution >= 4 is 0 Å². The van der Waals surface area contributed by atoms with E-state index >= 15 is 0 Å². The van der Waals surface area contributed by atoms with E-state index in [1.54, 1.807) is 0 Å². The molecule has 17 heavy (non-hydrogen) atoms. The van der Waals surface area contributed by atoms with Gasteiger partial charge in [0, 0.05) is 12.6 Å². The van der Waals surface area contributed by atoms with Crippen molar-refractivity contribution in [3.8, 4) is 6.07 Å².